The standard InChI is InChI=1S/C35H70Br2N2/c1-38(28-17-13-9-5-3-7-11-15-26-36)30-22-34(23-31-38)20-19-21-35-24-32-39(2,33-25-35)29-18-14-10-6-4-8-12-16-27-37/h34-35H,3-33H2,1-2H3/q+2. The highest BCUT2D eigenvalue weighted by atomic mass is 79.9. The molecule has 0 aromatic carbocycles. The molecule has 0 aliphatic carbocycles. The molecule has 2 rings (SSSR count). The highest BCUT2D eigenvalue weighted by molar-refractivity contribution is 9.09. The molecule has 0 unspecified atom stereocenters. The molecule has 0 aromatic rings. The van der Waals surface area contributed by atoms with Crippen molar-refractivity contribution < 1.29 is 8.97 Å². The van der Waals surface area contributed by atoms with Crippen molar-refractivity contribution in [3.8, 4) is 0 Å². The zero-order chi connectivity index (χ0) is 28.1. The molecule has 2 heterocycles. The fraction of sp³-hybridized carbons (Fsp3) is 1.00. The Bertz CT molecular complexity index is 505. The lowest BCUT2D eigenvalue weighted by molar-refractivity contribution is -0.915. The average Bonchev–Trinajstić information content (AvgIpc) is 2.94. The Morgan fingerprint density at radius 1 is 0.410 bits per heavy atom. The van der Waals surface area contributed by atoms with Gasteiger partial charge in [0.1, 0.15) is 0 Å². The number of hydrogen-bond donors (Lipinski definition) is 0. The van der Waals surface area contributed by atoms with Gasteiger partial charge in [-0.3, -0.25) is 0 Å². The Morgan fingerprint density at radius 3 is 1.00 bits per heavy atom. The maximum absolute atomic E-state index is 3.54. The molecular weight excluding hydrogens is 608 g/mol. The lowest BCUT2D eigenvalue weighted by atomic mass is 9.86. The van der Waals surface area contributed by atoms with Crippen LogP contribution in [0.5, 0.6) is 0 Å². The number of halogens is 2. The van der Waals surface area contributed by atoms with Gasteiger partial charge in [0.15, 0.2) is 0 Å². The van der Waals surface area contributed by atoms with E-state index in [1.165, 1.54) is 207 Å². The van der Waals surface area contributed by atoms with Crippen LogP contribution in [0.2, 0.25) is 0 Å². The fourth-order valence-electron chi connectivity index (χ4n) is 7.51. The molecule has 2 nitrogen and oxygen atoms in total. The van der Waals surface area contributed by atoms with Gasteiger partial charge in [-0.1, -0.05) is 115 Å². The van der Waals surface area contributed by atoms with Gasteiger partial charge in [-0.25, -0.2) is 0 Å². The summed E-state index contributed by atoms with van der Waals surface area (Å²) < 4.78 is 2.75. The number of nitrogens with zero attached hydrogens (tertiary/aromatic N) is 2. The van der Waals surface area contributed by atoms with E-state index in [2.05, 4.69) is 46.0 Å². The molecule has 0 saturated carbocycles. The lowest BCUT2D eigenvalue weighted by Crippen LogP contribution is -2.50. The average molecular weight is 679 g/mol. The monoisotopic (exact) mass is 676 g/mol. The third-order valence-corrected chi connectivity index (χ3v) is 11.8. The third-order valence-electron chi connectivity index (χ3n) is 10.7. The quantitative estimate of drug-likeness (QED) is 0.0542. The van der Waals surface area contributed by atoms with E-state index in [4.69, 9.17) is 0 Å². The third kappa shape index (κ3) is 17.6. The van der Waals surface area contributed by atoms with E-state index >= 15 is 0 Å². The zero-order valence-corrected chi connectivity index (χ0v) is 29.9. The fourth-order valence-corrected chi connectivity index (χ4v) is 8.30. The summed E-state index contributed by atoms with van der Waals surface area (Å²) in [7, 11) is 5.11. The van der Waals surface area contributed by atoms with Crippen LogP contribution in [0, 0.1) is 11.8 Å². The van der Waals surface area contributed by atoms with Gasteiger partial charge in [-0.2, -0.15) is 0 Å². The van der Waals surface area contributed by atoms with Gasteiger partial charge in [0, 0.05) is 10.7 Å². The van der Waals surface area contributed by atoms with E-state index in [1.807, 2.05) is 0 Å². The molecule has 0 atom stereocenters. The van der Waals surface area contributed by atoms with Crippen LogP contribution in [-0.2, 0) is 0 Å². The number of alkyl halides is 2. The molecule has 39 heavy (non-hydrogen) atoms. The van der Waals surface area contributed by atoms with Gasteiger partial charge in [0.2, 0.25) is 0 Å². The van der Waals surface area contributed by atoms with E-state index in [0.717, 1.165) is 11.8 Å². The first kappa shape index (κ1) is 36.1. The smallest absolute Gasteiger partial charge is 0.0787 e. The van der Waals surface area contributed by atoms with Gasteiger partial charge >= 0.3 is 0 Å². The number of hydrogen-bond acceptors (Lipinski definition) is 0. The number of quaternary nitrogens is 2. The molecule has 0 bridgehead atoms. The van der Waals surface area contributed by atoms with Gasteiger partial charge < -0.3 is 8.97 Å². The number of rotatable bonds is 24. The summed E-state index contributed by atoms with van der Waals surface area (Å²) >= 11 is 7.09. The molecule has 2 fully saturated rings. The Balaban J connectivity index is 1.43. The molecule has 0 aromatic heterocycles. The summed E-state index contributed by atoms with van der Waals surface area (Å²) in [5.74, 6) is 2.06. The predicted octanol–water partition coefficient (Wildman–Crippen LogP) is 10.9. The van der Waals surface area contributed by atoms with E-state index in [-0.39, 0.29) is 0 Å². The second-order valence-corrected chi connectivity index (χ2v) is 16.0. The van der Waals surface area contributed by atoms with Crippen LogP contribution in [0.15, 0.2) is 0 Å². The summed E-state index contributed by atoms with van der Waals surface area (Å²) in [5, 5.41) is 2.37. The van der Waals surface area contributed by atoms with Crippen molar-refractivity contribution in [2.45, 2.75) is 148 Å². The van der Waals surface area contributed by atoms with E-state index < -0.39 is 0 Å². The molecule has 2 saturated heterocycles. The van der Waals surface area contributed by atoms with Crippen molar-refractivity contribution in [2.24, 2.45) is 11.8 Å². The first-order valence-corrected chi connectivity index (χ1v) is 20.0. The summed E-state index contributed by atoms with van der Waals surface area (Å²) in [6, 6.07) is 0. The largest absolute Gasteiger partial charge is 0.326 e. The van der Waals surface area contributed by atoms with Crippen LogP contribution in [0.25, 0.3) is 0 Å². The molecule has 0 amide bonds. The normalized spacial score (nSPS) is 27.7. The molecule has 4 heteroatoms. The molecule has 0 spiro atoms. The summed E-state index contributed by atoms with van der Waals surface area (Å²) in [4.78, 5) is 0. The predicted molar refractivity (Wildman–Crippen MR) is 182 cm³/mol. The molecular formula is C35H70Br2N2+2. The van der Waals surface area contributed by atoms with Crippen LogP contribution >= 0.6 is 31.9 Å². The SMILES string of the molecule is C[N+]1(CCCCCCCCCCBr)CCC(CCCC2CC[N+](C)(CCCCCCCCCCBr)CC2)CC1. The Kier molecular flexibility index (Phi) is 20.7. The van der Waals surface area contributed by atoms with Crippen LogP contribution in [-0.4, -0.2) is 73.0 Å². The van der Waals surface area contributed by atoms with Gasteiger partial charge in [0.25, 0.3) is 0 Å². The van der Waals surface area contributed by atoms with Crippen molar-refractivity contribution in [3.63, 3.8) is 0 Å². The van der Waals surface area contributed by atoms with E-state index in [9.17, 15) is 0 Å². The topological polar surface area (TPSA) is 0 Å². The van der Waals surface area contributed by atoms with Crippen molar-refractivity contribution in [1.82, 2.24) is 0 Å². The van der Waals surface area contributed by atoms with Gasteiger partial charge in [0.05, 0.1) is 53.4 Å². The van der Waals surface area contributed by atoms with Crippen molar-refractivity contribution in [1.29, 1.82) is 0 Å². The Hall–Kier alpha value is 0.880. The van der Waals surface area contributed by atoms with E-state index in [1.54, 1.807) is 0 Å². The molecule has 0 N–H and O–H groups in total. The molecule has 0 radical (unpaired) electrons. The first-order chi connectivity index (χ1) is 19.0. The van der Waals surface area contributed by atoms with Crippen LogP contribution in [0.3, 0.4) is 0 Å². The highest BCUT2D eigenvalue weighted by Gasteiger charge is 2.31. The highest BCUT2D eigenvalue weighted by Crippen LogP contribution is 2.31. The minimum atomic E-state index is 1.03. The molecule has 232 valence electrons. The number of unbranched alkanes of at least 4 members (excludes halogenated alkanes) is 14. The van der Waals surface area contributed by atoms with Crippen molar-refractivity contribution in [3.05, 3.63) is 0 Å². The van der Waals surface area contributed by atoms with Crippen LogP contribution in [0.1, 0.15) is 148 Å². The summed E-state index contributed by atoms with van der Waals surface area (Å²) in [6.45, 7) is 8.68. The van der Waals surface area contributed by atoms with Crippen LogP contribution < -0.4 is 0 Å². The second-order valence-electron chi connectivity index (χ2n) is 14.4. The van der Waals surface area contributed by atoms with Crippen molar-refractivity contribution in [2.75, 3.05) is 64.0 Å². The second kappa shape index (κ2) is 22.4. The Morgan fingerprint density at radius 2 is 0.692 bits per heavy atom. The lowest BCUT2D eigenvalue weighted by Gasteiger charge is -2.41. The zero-order valence-electron chi connectivity index (χ0n) is 26.7. The van der Waals surface area contributed by atoms with Gasteiger partial charge in [-0.15, -0.1) is 0 Å². The summed E-state index contributed by atoms with van der Waals surface area (Å²) in [5.41, 5.74) is 0. The van der Waals surface area contributed by atoms with Crippen LogP contribution in [0.4, 0.5) is 0 Å². The van der Waals surface area contributed by atoms with Crippen molar-refractivity contribution >= 4 is 31.9 Å². The number of likely N-dealkylation sites (tertiary alicyclic amines) is 2. The minimum Gasteiger partial charge on any atom is -0.326 e. The van der Waals surface area contributed by atoms with E-state index in [0.29, 0.717) is 0 Å². The maximum atomic E-state index is 3.54. The van der Waals surface area contributed by atoms with Gasteiger partial charge in [-0.05, 0) is 76.0 Å². The molecule has 2 aliphatic rings. The maximum Gasteiger partial charge on any atom is 0.0787 e. The molecule has 2 aliphatic heterocycles. The summed E-state index contributed by atoms with van der Waals surface area (Å²) in [6.07, 6.45) is 33.6. The number of piperidine rings is 2. The first-order valence-electron chi connectivity index (χ1n) is 17.8. The Labute approximate surface area is 263 Å². The minimum absolute atomic E-state index is 1.03.